The van der Waals surface area contributed by atoms with Crippen LogP contribution in [0.2, 0.25) is 0 Å². The van der Waals surface area contributed by atoms with Crippen LogP contribution in [0.5, 0.6) is 0 Å². The minimum absolute atomic E-state index is 0.00361. The van der Waals surface area contributed by atoms with Crippen molar-refractivity contribution in [3.05, 3.63) is 11.8 Å². The van der Waals surface area contributed by atoms with E-state index in [1.54, 1.807) is 11.1 Å². The number of ketones is 2. The Bertz CT molecular complexity index is 266. The highest BCUT2D eigenvalue weighted by Crippen LogP contribution is 2.21. The number of rotatable bonds is 1. The number of hydrogen-bond donors (Lipinski definition) is 0. The van der Waals surface area contributed by atoms with Crippen LogP contribution in [-0.2, 0) is 9.59 Å². The number of hydrogen-bond acceptors (Lipinski definition) is 3. The van der Waals surface area contributed by atoms with E-state index in [0.29, 0.717) is 18.4 Å². The first-order valence-corrected chi connectivity index (χ1v) is 4.48. The molecule has 3 nitrogen and oxygen atoms in total. The number of carbonyl (C=O) groups excluding carboxylic acids is 2. The highest BCUT2D eigenvalue weighted by Gasteiger charge is 2.28. The third kappa shape index (κ3) is 2.17. The van der Waals surface area contributed by atoms with Gasteiger partial charge in [0.15, 0.2) is 11.6 Å². The van der Waals surface area contributed by atoms with E-state index in [0.717, 1.165) is 0 Å². The van der Waals surface area contributed by atoms with E-state index < -0.39 is 0 Å². The molecular formula is C10H15NO2. The lowest BCUT2D eigenvalue weighted by molar-refractivity contribution is -0.126. The van der Waals surface area contributed by atoms with Gasteiger partial charge in [-0.05, 0) is 6.42 Å². The summed E-state index contributed by atoms with van der Waals surface area (Å²) >= 11 is 0. The summed E-state index contributed by atoms with van der Waals surface area (Å²) in [5.74, 6) is -0.0225. The molecule has 1 saturated carbocycles. The van der Waals surface area contributed by atoms with Gasteiger partial charge in [0, 0.05) is 32.6 Å². The second-order valence-electron chi connectivity index (χ2n) is 3.73. The molecule has 0 aliphatic heterocycles. The van der Waals surface area contributed by atoms with Gasteiger partial charge in [-0.25, -0.2) is 0 Å². The molecule has 1 unspecified atom stereocenters. The quantitative estimate of drug-likeness (QED) is 0.447. The van der Waals surface area contributed by atoms with Crippen LogP contribution in [-0.4, -0.2) is 30.6 Å². The summed E-state index contributed by atoms with van der Waals surface area (Å²) in [5.41, 5.74) is 0.365. The Hall–Kier alpha value is -1.12. The predicted octanol–water partition coefficient (Wildman–Crippen LogP) is 1.00. The van der Waals surface area contributed by atoms with E-state index in [2.05, 4.69) is 0 Å². The molecule has 0 N–H and O–H groups in total. The normalized spacial score (nSPS) is 26.7. The maximum atomic E-state index is 11.6. The molecule has 1 aliphatic carbocycles. The van der Waals surface area contributed by atoms with Crippen molar-refractivity contribution in [1.29, 1.82) is 0 Å². The third-order valence-electron chi connectivity index (χ3n) is 2.21. The lowest BCUT2D eigenvalue weighted by Crippen LogP contribution is -2.27. The molecule has 13 heavy (non-hydrogen) atoms. The molecule has 0 heterocycles. The molecule has 3 heteroatoms. The van der Waals surface area contributed by atoms with Crippen LogP contribution in [0.3, 0.4) is 0 Å². The van der Waals surface area contributed by atoms with E-state index in [1.807, 2.05) is 21.0 Å². The second kappa shape index (κ2) is 3.73. The standard InChI is InChI=1S/C10H15NO2/c1-7-4-5-9(12)8(10(7)13)6-11(2)3/h6-7H,4-5H2,1-3H3. The molecule has 0 aromatic heterocycles. The average molecular weight is 181 g/mol. The van der Waals surface area contributed by atoms with Crippen molar-refractivity contribution in [2.45, 2.75) is 19.8 Å². The van der Waals surface area contributed by atoms with Crippen LogP contribution in [0.15, 0.2) is 11.8 Å². The Morgan fingerprint density at radius 1 is 1.38 bits per heavy atom. The van der Waals surface area contributed by atoms with Gasteiger partial charge in [-0.2, -0.15) is 0 Å². The van der Waals surface area contributed by atoms with Crippen LogP contribution >= 0.6 is 0 Å². The summed E-state index contributed by atoms with van der Waals surface area (Å²) in [6.45, 7) is 1.87. The Labute approximate surface area is 78.4 Å². The summed E-state index contributed by atoms with van der Waals surface area (Å²) < 4.78 is 0. The third-order valence-corrected chi connectivity index (χ3v) is 2.21. The molecule has 0 spiro atoms. The fourth-order valence-electron chi connectivity index (χ4n) is 1.41. The number of Topliss-reactive ketones (excluding diaryl/α,β-unsaturated/α-hetero) is 2. The molecule has 1 aliphatic rings. The SMILES string of the molecule is CC1CCC(=O)C(=CN(C)C)C1=O. The van der Waals surface area contributed by atoms with Crippen molar-refractivity contribution in [2.24, 2.45) is 5.92 Å². The van der Waals surface area contributed by atoms with Crippen molar-refractivity contribution in [3.8, 4) is 0 Å². The maximum Gasteiger partial charge on any atom is 0.170 e. The van der Waals surface area contributed by atoms with Crippen LogP contribution in [0.4, 0.5) is 0 Å². The van der Waals surface area contributed by atoms with Gasteiger partial charge in [-0.1, -0.05) is 6.92 Å². The van der Waals surface area contributed by atoms with Crippen LogP contribution in [0.25, 0.3) is 0 Å². The maximum absolute atomic E-state index is 11.6. The minimum Gasteiger partial charge on any atom is -0.383 e. The Morgan fingerprint density at radius 2 is 2.00 bits per heavy atom. The van der Waals surface area contributed by atoms with Crippen LogP contribution < -0.4 is 0 Å². The van der Waals surface area contributed by atoms with Crippen molar-refractivity contribution < 1.29 is 9.59 Å². The molecule has 0 radical (unpaired) electrons. The molecule has 0 amide bonds. The Kier molecular flexibility index (Phi) is 2.86. The summed E-state index contributed by atoms with van der Waals surface area (Å²) in [7, 11) is 3.62. The van der Waals surface area contributed by atoms with Crippen molar-refractivity contribution >= 4 is 11.6 Å². The van der Waals surface area contributed by atoms with Gasteiger partial charge in [-0.3, -0.25) is 9.59 Å². The Balaban J connectivity index is 2.91. The predicted molar refractivity (Wildman–Crippen MR) is 50.2 cm³/mol. The van der Waals surface area contributed by atoms with E-state index >= 15 is 0 Å². The lowest BCUT2D eigenvalue weighted by Gasteiger charge is -2.19. The molecule has 1 atom stereocenters. The highest BCUT2D eigenvalue weighted by molar-refractivity contribution is 6.22. The second-order valence-corrected chi connectivity index (χ2v) is 3.73. The van der Waals surface area contributed by atoms with Gasteiger partial charge >= 0.3 is 0 Å². The van der Waals surface area contributed by atoms with Crippen LogP contribution in [0, 0.1) is 5.92 Å². The first-order valence-electron chi connectivity index (χ1n) is 4.48. The molecule has 72 valence electrons. The summed E-state index contributed by atoms with van der Waals surface area (Å²) in [6.07, 6.45) is 2.83. The van der Waals surface area contributed by atoms with Gasteiger partial charge in [0.05, 0.1) is 5.57 Å². The molecule has 0 aromatic carbocycles. The van der Waals surface area contributed by atoms with Crippen molar-refractivity contribution in [2.75, 3.05) is 14.1 Å². The molecule has 0 saturated heterocycles. The highest BCUT2D eigenvalue weighted by atomic mass is 16.2. The monoisotopic (exact) mass is 181 g/mol. The molecule has 0 bridgehead atoms. The average Bonchev–Trinajstić information content (AvgIpc) is 2.05. The van der Waals surface area contributed by atoms with Gasteiger partial charge in [0.2, 0.25) is 0 Å². The molecular weight excluding hydrogens is 166 g/mol. The van der Waals surface area contributed by atoms with E-state index in [9.17, 15) is 9.59 Å². The topological polar surface area (TPSA) is 37.4 Å². The lowest BCUT2D eigenvalue weighted by atomic mass is 9.85. The molecule has 1 rings (SSSR count). The zero-order chi connectivity index (χ0) is 10.0. The summed E-state index contributed by atoms with van der Waals surface area (Å²) in [5, 5.41) is 0. The first kappa shape index (κ1) is 9.96. The molecule has 1 fully saturated rings. The van der Waals surface area contributed by atoms with E-state index in [1.165, 1.54) is 0 Å². The van der Waals surface area contributed by atoms with E-state index in [-0.39, 0.29) is 17.5 Å². The molecule has 0 aromatic rings. The van der Waals surface area contributed by atoms with Gasteiger partial charge in [-0.15, -0.1) is 0 Å². The summed E-state index contributed by atoms with van der Waals surface area (Å²) in [6, 6.07) is 0. The largest absolute Gasteiger partial charge is 0.383 e. The number of carbonyl (C=O) groups is 2. The fourth-order valence-corrected chi connectivity index (χ4v) is 1.41. The number of allylic oxidation sites excluding steroid dienone is 1. The van der Waals surface area contributed by atoms with Crippen molar-refractivity contribution in [3.63, 3.8) is 0 Å². The number of nitrogens with zero attached hydrogens (tertiary/aromatic N) is 1. The summed E-state index contributed by atoms with van der Waals surface area (Å²) in [4.78, 5) is 24.7. The zero-order valence-electron chi connectivity index (χ0n) is 8.33. The van der Waals surface area contributed by atoms with E-state index in [4.69, 9.17) is 0 Å². The van der Waals surface area contributed by atoms with Gasteiger partial charge in [0.25, 0.3) is 0 Å². The van der Waals surface area contributed by atoms with Gasteiger partial charge in [0.1, 0.15) is 0 Å². The minimum atomic E-state index is -0.0169. The van der Waals surface area contributed by atoms with Crippen LogP contribution in [0.1, 0.15) is 19.8 Å². The first-order chi connectivity index (χ1) is 6.02. The zero-order valence-corrected chi connectivity index (χ0v) is 8.33. The van der Waals surface area contributed by atoms with Crippen molar-refractivity contribution in [1.82, 2.24) is 4.90 Å². The smallest absolute Gasteiger partial charge is 0.170 e. The van der Waals surface area contributed by atoms with Gasteiger partial charge < -0.3 is 4.90 Å². The fraction of sp³-hybridized carbons (Fsp3) is 0.600. The Morgan fingerprint density at radius 3 is 2.54 bits per heavy atom.